The van der Waals surface area contributed by atoms with Crippen LogP contribution in [-0.2, 0) is 6.54 Å². The monoisotopic (exact) mass is 354 g/mol. The van der Waals surface area contributed by atoms with Crippen LogP contribution in [0.25, 0.3) is 11.4 Å². The normalized spacial score (nSPS) is 10.2. The van der Waals surface area contributed by atoms with Crippen molar-refractivity contribution in [2.24, 2.45) is 0 Å². The second kappa shape index (κ2) is 8.02. The van der Waals surface area contributed by atoms with Crippen LogP contribution in [0.4, 0.5) is 10.5 Å². The summed E-state index contributed by atoms with van der Waals surface area (Å²) in [7, 11) is 3.17. The number of urea groups is 1. The van der Waals surface area contributed by atoms with Gasteiger partial charge in [-0.1, -0.05) is 11.2 Å². The summed E-state index contributed by atoms with van der Waals surface area (Å²) in [6, 6.07) is 14.0. The largest absolute Gasteiger partial charge is 0.497 e. The number of anilines is 1. The van der Waals surface area contributed by atoms with E-state index in [9.17, 15) is 4.79 Å². The first-order valence-electron chi connectivity index (χ1n) is 7.84. The lowest BCUT2D eigenvalue weighted by Gasteiger charge is -2.07. The van der Waals surface area contributed by atoms with Gasteiger partial charge in [-0.2, -0.15) is 4.98 Å². The van der Waals surface area contributed by atoms with Gasteiger partial charge in [0.2, 0.25) is 11.7 Å². The molecular formula is C18H18N4O4. The highest BCUT2D eigenvalue weighted by atomic mass is 16.5. The number of aromatic nitrogens is 2. The zero-order chi connectivity index (χ0) is 18.4. The predicted octanol–water partition coefficient (Wildman–Crippen LogP) is 3.08. The van der Waals surface area contributed by atoms with E-state index in [1.54, 1.807) is 38.5 Å². The van der Waals surface area contributed by atoms with Crippen LogP contribution in [-0.4, -0.2) is 30.4 Å². The number of amides is 2. The molecule has 0 atom stereocenters. The van der Waals surface area contributed by atoms with Crippen molar-refractivity contribution in [3.05, 3.63) is 54.4 Å². The molecule has 2 aromatic carbocycles. The van der Waals surface area contributed by atoms with E-state index in [-0.39, 0.29) is 12.6 Å². The molecule has 0 saturated heterocycles. The number of methoxy groups -OCH3 is 2. The minimum Gasteiger partial charge on any atom is -0.497 e. The quantitative estimate of drug-likeness (QED) is 0.706. The van der Waals surface area contributed by atoms with Crippen LogP contribution < -0.4 is 20.1 Å². The van der Waals surface area contributed by atoms with Crippen LogP contribution in [0.5, 0.6) is 11.5 Å². The Bertz CT molecular complexity index is 877. The van der Waals surface area contributed by atoms with Crippen molar-refractivity contribution in [2.45, 2.75) is 6.54 Å². The Labute approximate surface area is 150 Å². The number of nitrogens with one attached hydrogen (secondary N) is 2. The fourth-order valence-electron chi connectivity index (χ4n) is 2.22. The van der Waals surface area contributed by atoms with E-state index >= 15 is 0 Å². The van der Waals surface area contributed by atoms with Crippen molar-refractivity contribution >= 4 is 11.7 Å². The number of hydrogen-bond acceptors (Lipinski definition) is 6. The third-order valence-corrected chi connectivity index (χ3v) is 3.54. The van der Waals surface area contributed by atoms with Crippen molar-refractivity contribution in [3.63, 3.8) is 0 Å². The Hall–Kier alpha value is -3.55. The standard InChI is InChI=1S/C18H18N4O4/c1-24-14-8-6-12(7-9-14)17-21-16(26-22-17)11-19-18(23)20-13-4-3-5-15(10-13)25-2/h3-10H,11H2,1-2H3,(H2,19,20,23). The molecule has 2 N–H and O–H groups in total. The minimum absolute atomic E-state index is 0.110. The van der Waals surface area contributed by atoms with Crippen LogP contribution in [0.1, 0.15) is 5.89 Å². The number of ether oxygens (including phenoxy) is 2. The highest BCUT2D eigenvalue weighted by Crippen LogP contribution is 2.20. The number of hydrogen-bond donors (Lipinski definition) is 2. The van der Waals surface area contributed by atoms with Crippen molar-refractivity contribution in [2.75, 3.05) is 19.5 Å². The summed E-state index contributed by atoms with van der Waals surface area (Å²) < 4.78 is 15.4. The van der Waals surface area contributed by atoms with Gasteiger partial charge in [-0.05, 0) is 36.4 Å². The van der Waals surface area contributed by atoms with Crippen molar-refractivity contribution in [1.82, 2.24) is 15.5 Å². The molecule has 8 heteroatoms. The molecule has 0 unspecified atom stereocenters. The van der Waals surface area contributed by atoms with Crippen molar-refractivity contribution < 1.29 is 18.8 Å². The van der Waals surface area contributed by atoms with Crippen LogP contribution >= 0.6 is 0 Å². The Morgan fingerprint density at radius 3 is 2.58 bits per heavy atom. The molecule has 0 aliphatic carbocycles. The molecule has 3 rings (SSSR count). The summed E-state index contributed by atoms with van der Waals surface area (Å²) in [5.74, 6) is 2.14. The summed E-state index contributed by atoms with van der Waals surface area (Å²) in [6.07, 6.45) is 0. The minimum atomic E-state index is -0.387. The maximum Gasteiger partial charge on any atom is 0.319 e. The number of rotatable bonds is 6. The second-order valence-electron chi connectivity index (χ2n) is 5.28. The average molecular weight is 354 g/mol. The van der Waals surface area contributed by atoms with Gasteiger partial charge in [0.15, 0.2) is 0 Å². The smallest absolute Gasteiger partial charge is 0.319 e. The van der Waals surface area contributed by atoms with E-state index in [0.717, 1.165) is 11.3 Å². The van der Waals surface area contributed by atoms with E-state index in [0.29, 0.717) is 23.2 Å². The highest BCUT2D eigenvalue weighted by molar-refractivity contribution is 5.89. The van der Waals surface area contributed by atoms with Gasteiger partial charge in [0.1, 0.15) is 11.5 Å². The second-order valence-corrected chi connectivity index (χ2v) is 5.28. The first-order chi connectivity index (χ1) is 12.7. The molecule has 0 radical (unpaired) electrons. The first kappa shape index (κ1) is 17.3. The number of benzene rings is 2. The summed E-state index contributed by atoms with van der Waals surface area (Å²) >= 11 is 0. The molecule has 2 amide bonds. The molecular weight excluding hydrogens is 336 g/mol. The molecule has 8 nitrogen and oxygen atoms in total. The van der Waals surface area contributed by atoms with E-state index in [1.165, 1.54) is 0 Å². The number of carbonyl (C=O) groups is 1. The lowest BCUT2D eigenvalue weighted by Crippen LogP contribution is -2.28. The lowest BCUT2D eigenvalue weighted by molar-refractivity contribution is 0.249. The molecule has 134 valence electrons. The zero-order valence-electron chi connectivity index (χ0n) is 14.4. The fraction of sp³-hybridized carbons (Fsp3) is 0.167. The topological polar surface area (TPSA) is 98.5 Å². The molecule has 0 bridgehead atoms. The zero-order valence-corrected chi connectivity index (χ0v) is 14.4. The Morgan fingerprint density at radius 1 is 1.08 bits per heavy atom. The van der Waals surface area contributed by atoms with Gasteiger partial charge in [0, 0.05) is 17.3 Å². The van der Waals surface area contributed by atoms with Gasteiger partial charge in [-0.3, -0.25) is 0 Å². The Balaban J connectivity index is 1.56. The van der Waals surface area contributed by atoms with E-state index in [4.69, 9.17) is 14.0 Å². The van der Waals surface area contributed by atoms with Crippen LogP contribution in [0.2, 0.25) is 0 Å². The summed E-state index contributed by atoms with van der Waals surface area (Å²) in [6.45, 7) is 0.110. The molecule has 1 heterocycles. The van der Waals surface area contributed by atoms with Gasteiger partial charge in [0.05, 0.1) is 20.8 Å². The van der Waals surface area contributed by atoms with Gasteiger partial charge in [-0.15, -0.1) is 0 Å². The van der Waals surface area contributed by atoms with E-state index < -0.39 is 0 Å². The van der Waals surface area contributed by atoms with Crippen molar-refractivity contribution in [3.8, 4) is 22.9 Å². The molecule has 3 aromatic rings. The highest BCUT2D eigenvalue weighted by Gasteiger charge is 2.10. The van der Waals surface area contributed by atoms with Gasteiger partial charge >= 0.3 is 6.03 Å². The maximum atomic E-state index is 12.0. The Morgan fingerprint density at radius 2 is 1.85 bits per heavy atom. The van der Waals surface area contributed by atoms with E-state index in [2.05, 4.69) is 20.8 Å². The first-order valence-corrected chi connectivity index (χ1v) is 7.84. The van der Waals surface area contributed by atoms with Crippen LogP contribution in [0.15, 0.2) is 53.1 Å². The third-order valence-electron chi connectivity index (χ3n) is 3.54. The fourth-order valence-corrected chi connectivity index (χ4v) is 2.22. The number of carbonyl (C=O) groups excluding carboxylic acids is 1. The van der Waals surface area contributed by atoms with Crippen LogP contribution in [0, 0.1) is 0 Å². The van der Waals surface area contributed by atoms with Gasteiger partial charge in [0.25, 0.3) is 0 Å². The maximum absolute atomic E-state index is 12.0. The SMILES string of the molecule is COc1ccc(-c2noc(CNC(=O)Nc3cccc(OC)c3)n2)cc1. The average Bonchev–Trinajstić information content (AvgIpc) is 3.15. The molecule has 0 saturated carbocycles. The molecule has 0 spiro atoms. The Kier molecular flexibility index (Phi) is 5.33. The van der Waals surface area contributed by atoms with Crippen molar-refractivity contribution in [1.29, 1.82) is 0 Å². The molecule has 26 heavy (non-hydrogen) atoms. The predicted molar refractivity (Wildman–Crippen MR) is 95.1 cm³/mol. The van der Waals surface area contributed by atoms with Gasteiger partial charge < -0.3 is 24.6 Å². The van der Waals surface area contributed by atoms with Crippen LogP contribution in [0.3, 0.4) is 0 Å². The summed E-state index contributed by atoms with van der Waals surface area (Å²) in [5, 5.41) is 9.28. The van der Waals surface area contributed by atoms with Gasteiger partial charge in [-0.25, -0.2) is 4.79 Å². The molecule has 0 aliphatic heterocycles. The molecule has 1 aromatic heterocycles. The molecule has 0 aliphatic rings. The number of nitrogens with zero attached hydrogens (tertiary/aromatic N) is 2. The third kappa shape index (κ3) is 4.29. The summed E-state index contributed by atoms with van der Waals surface area (Å²) in [5.41, 5.74) is 1.41. The summed E-state index contributed by atoms with van der Waals surface area (Å²) in [4.78, 5) is 16.2. The molecule has 0 fully saturated rings. The van der Waals surface area contributed by atoms with E-state index in [1.807, 2.05) is 24.3 Å². The lowest BCUT2D eigenvalue weighted by atomic mass is 10.2.